The van der Waals surface area contributed by atoms with Crippen LogP contribution in [0.5, 0.6) is 0 Å². The lowest BCUT2D eigenvalue weighted by Crippen LogP contribution is -2.51. The van der Waals surface area contributed by atoms with E-state index in [1.165, 1.54) is 4.90 Å². The monoisotopic (exact) mass is 276 g/mol. The minimum atomic E-state index is -0.541. The Morgan fingerprint density at radius 2 is 2.20 bits per heavy atom. The highest BCUT2D eigenvalue weighted by Gasteiger charge is 2.24. The first-order valence-electron chi connectivity index (χ1n) is 6.20. The summed E-state index contributed by atoms with van der Waals surface area (Å²) in [6.45, 7) is 1.99. The number of imide groups is 1. The highest BCUT2D eigenvalue weighted by molar-refractivity contribution is 6.00. The summed E-state index contributed by atoms with van der Waals surface area (Å²) in [6.07, 6.45) is 0.205. The molecule has 1 saturated heterocycles. The van der Waals surface area contributed by atoms with E-state index in [0.29, 0.717) is 11.4 Å². The normalized spacial score (nSPS) is 14.9. The first kappa shape index (κ1) is 13.9. The molecule has 0 aromatic heterocycles. The fraction of sp³-hybridized carbons (Fsp3) is 0.308. The first-order chi connectivity index (χ1) is 9.45. The Balaban J connectivity index is 1.97. The summed E-state index contributed by atoms with van der Waals surface area (Å²) in [6, 6.07) is 4.67. The van der Waals surface area contributed by atoms with Gasteiger partial charge in [-0.25, -0.2) is 4.79 Å². The van der Waals surface area contributed by atoms with Crippen LogP contribution in [0.4, 0.5) is 16.2 Å². The van der Waals surface area contributed by atoms with Gasteiger partial charge in [0, 0.05) is 24.3 Å². The number of carbonyl (C=O) groups is 3. The van der Waals surface area contributed by atoms with Crippen LogP contribution in [0, 0.1) is 6.92 Å². The van der Waals surface area contributed by atoms with Crippen molar-refractivity contribution in [1.82, 2.24) is 10.2 Å². The molecule has 7 nitrogen and oxygen atoms in total. The van der Waals surface area contributed by atoms with E-state index in [9.17, 15) is 14.4 Å². The molecule has 7 heteroatoms. The predicted octanol–water partition coefficient (Wildman–Crippen LogP) is 0.458. The van der Waals surface area contributed by atoms with Gasteiger partial charge < -0.3 is 16.0 Å². The van der Waals surface area contributed by atoms with Gasteiger partial charge >= 0.3 is 6.03 Å². The molecular weight excluding hydrogens is 260 g/mol. The van der Waals surface area contributed by atoms with E-state index in [2.05, 4.69) is 10.6 Å². The number of anilines is 2. The Morgan fingerprint density at radius 1 is 1.45 bits per heavy atom. The molecule has 0 atom stereocenters. The minimum absolute atomic E-state index is 0.104. The summed E-state index contributed by atoms with van der Waals surface area (Å²) in [7, 11) is 0. The summed E-state index contributed by atoms with van der Waals surface area (Å²) in [5, 5.41) is 4.87. The van der Waals surface area contributed by atoms with Crippen LogP contribution in [0.25, 0.3) is 0 Å². The second kappa shape index (κ2) is 5.60. The molecule has 0 spiro atoms. The second-order valence-corrected chi connectivity index (χ2v) is 4.65. The molecular formula is C13H16N4O3. The predicted molar refractivity (Wildman–Crippen MR) is 73.9 cm³/mol. The zero-order chi connectivity index (χ0) is 14.7. The molecule has 1 fully saturated rings. The molecule has 1 aliphatic rings. The number of amides is 4. The summed E-state index contributed by atoms with van der Waals surface area (Å²) >= 11 is 0. The molecule has 0 radical (unpaired) electrons. The van der Waals surface area contributed by atoms with Crippen molar-refractivity contribution in [2.75, 3.05) is 24.1 Å². The van der Waals surface area contributed by atoms with Crippen LogP contribution in [-0.2, 0) is 9.59 Å². The second-order valence-electron chi connectivity index (χ2n) is 4.65. The molecule has 20 heavy (non-hydrogen) atoms. The van der Waals surface area contributed by atoms with Crippen molar-refractivity contribution in [3.63, 3.8) is 0 Å². The molecule has 4 N–H and O–H groups in total. The van der Waals surface area contributed by atoms with Gasteiger partial charge in [-0.2, -0.15) is 0 Å². The Labute approximate surface area is 116 Å². The molecule has 1 aromatic rings. The van der Waals surface area contributed by atoms with Crippen molar-refractivity contribution in [2.45, 2.75) is 13.3 Å². The Bertz CT molecular complexity index is 571. The Morgan fingerprint density at radius 3 is 2.90 bits per heavy atom. The van der Waals surface area contributed by atoms with Crippen molar-refractivity contribution < 1.29 is 14.4 Å². The number of carbonyl (C=O) groups excluding carboxylic acids is 3. The molecule has 1 aromatic carbocycles. The molecule has 2 rings (SSSR count). The van der Waals surface area contributed by atoms with E-state index in [0.717, 1.165) is 5.56 Å². The van der Waals surface area contributed by atoms with Gasteiger partial charge in [0.25, 0.3) is 0 Å². The summed E-state index contributed by atoms with van der Waals surface area (Å²) in [4.78, 5) is 35.7. The maximum Gasteiger partial charge on any atom is 0.324 e. The average molecular weight is 276 g/mol. The number of benzene rings is 1. The van der Waals surface area contributed by atoms with E-state index in [1.807, 2.05) is 6.92 Å². The Hall–Kier alpha value is -2.57. The fourth-order valence-corrected chi connectivity index (χ4v) is 1.89. The summed E-state index contributed by atoms with van der Waals surface area (Å²) < 4.78 is 0. The van der Waals surface area contributed by atoms with Gasteiger partial charge in [-0.3, -0.25) is 14.9 Å². The number of urea groups is 1. The largest absolute Gasteiger partial charge is 0.399 e. The van der Waals surface area contributed by atoms with Crippen molar-refractivity contribution in [3.05, 3.63) is 23.8 Å². The van der Waals surface area contributed by atoms with Crippen LogP contribution < -0.4 is 16.4 Å². The molecule has 0 aliphatic carbocycles. The van der Waals surface area contributed by atoms with E-state index in [1.54, 1.807) is 18.2 Å². The number of nitrogens with two attached hydrogens (primary N) is 1. The van der Waals surface area contributed by atoms with Gasteiger partial charge in [0.2, 0.25) is 11.8 Å². The minimum Gasteiger partial charge on any atom is -0.399 e. The van der Waals surface area contributed by atoms with Crippen molar-refractivity contribution in [2.24, 2.45) is 0 Å². The number of aryl methyl sites for hydroxylation is 1. The lowest BCUT2D eigenvalue weighted by atomic mass is 10.2. The number of nitrogen functional groups attached to an aromatic ring is 1. The molecule has 0 saturated carbocycles. The van der Waals surface area contributed by atoms with Gasteiger partial charge in [-0.15, -0.1) is 0 Å². The standard InChI is InChI=1S/C13H16N4O3/c1-8-2-3-9(14)6-10(8)15-12(19)7-17-5-4-11(18)16-13(17)20/h2-3,6H,4-5,7,14H2,1H3,(H,15,19)(H,16,18,20). The van der Waals surface area contributed by atoms with Crippen LogP contribution in [0.2, 0.25) is 0 Å². The highest BCUT2D eigenvalue weighted by Crippen LogP contribution is 2.18. The van der Waals surface area contributed by atoms with E-state index >= 15 is 0 Å². The van der Waals surface area contributed by atoms with Crippen molar-refractivity contribution in [3.8, 4) is 0 Å². The Kier molecular flexibility index (Phi) is 3.88. The third-order valence-corrected chi connectivity index (χ3v) is 3.01. The summed E-state index contributed by atoms with van der Waals surface area (Å²) in [5.41, 5.74) is 7.70. The van der Waals surface area contributed by atoms with E-state index < -0.39 is 6.03 Å². The molecule has 0 bridgehead atoms. The van der Waals surface area contributed by atoms with Crippen LogP contribution in [0.15, 0.2) is 18.2 Å². The molecule has 1 heterocycles. The number of rotatable bonds is 3. The van der Waals surface area contributed by atoms with Gasteiger partial charge in [0.1, 0.15) is 6.54 Å². The zero-order valence-corrected chi connectivity index (χ0v) is 11.1. The topological polar surface area (TPSA) is 105 Å². The highest BCUT2D eigenvalue weighted by atomic mass is 16.2. The van der Waals surface area contributed by atoms with E-state index in [4.69, 9.17) is 5.73 Å². The molecule has 0 unspecified atom stereocenters. The fourth-order valence-electron chi connectivity index (χ4n) is 1.89. The quantitative estimate of drug-likeness (QED) is 0.697. The maximum absolute atomic E-state index is 11.9. The van der Waals surface area contributed by atoms with Gasteiger partial charge in [-0.05, 0) is 24.6 Å². The zero-order valence-electron chi connectivity index (χ0n) is 11.1. The van der Waals surface area contributed by atoms with Crippen LogP contribution in [0.1, 0.15) is 12.0 Å². The van der Waals surface area contributed by atoms with Crippen LogP contribution in [-0.4, -0.2) is 35.8 Å². The number of hydrogen-bond acceptors (Lipinski definition) is 4. The first-order valence-corrected chi connectivity index (χ1v) is 6.20. The van der Waals surface area contributed by atoms with Crippen LogP contribution in [0.3, 0.4) is 0 Å². The van der Waals surface area contributed by atoms with Crippen molar-refractivity contribution in [1.29, 1.82) is 0 Å². The molecule has 1 aliphatic heterocycles. The number of nitrogens with one attached hydrogen (secondary N) is 2. The lowest BCUT2D eigenvalue weighted by molar-refractivity contribution is -0.123. The number of hydrogen-bond donors (Lipinski definition) is 3. The summed E-state index contributed by atoms with van der Waals surface area (Å²) in [5.74, 6) is -0.651. The average Bonchev–Trinajstić information content (AvgIpc) is 2.37. The van der Waals surface area contributed by atoms with Gasteiger partial charge in [-0.1, -0.05) is 6.07 Å². The molecule has 4 amide bonds. The SMILES string of the molecule is Cc1ccc(N)cc1NC(=O)CN1CCC(=O)NC1=O. The third kappa shape index (κ3) is 3.25. The van der Waals surface area contributed by atoms with Crippen molar-refractivity contribution >= 4 is 29.2 Å². The lowest BCUT2D eigenvalue weighted by Gasteiger charge is -2.25. The van der Waals surface area contributed by atoms with Crippen LogP contribution >= 0.6 is 0 Å². The molecule has 106 valence electrons. The van der Waals surface area contributed by atoms with E-state index in [-0.39, 0.29) is 31.3 Å². The maximum atomic E-state index is 11.9. The number of nitrogens with zero attached hydrogens (tertiary/aromatic N) is 1. The third-order valence-electron chi connectivity index (χ3n) is 3.01. The van der Waals surface area contributed by atoms with Gasteiger partial charge in [0.15, 0.2) is 0 Å². The van der Waals surface area contributed by atoms with Gasteiger partial charge in [0.05, 0.1) is 0 Å². The smallest absolute Gasteiger partial charge is 0.324 e.